The number of thiophene rings is 1. The maximum absolute atomic E-state index is 6.23. The number of rotatable bonds is 6. The van der Waals surface area contributed by atoms with Gasteiger partial charge in [0, 0.05) is 39.5 Å². The molecule has 4 heteroatoms. The lowest BCUT2D eigenvalue weighted by Gasteiger charge is -2.42. The van der Waals surface area contributed by atoms with E-state index in [1.165, 1.54) is 44.3 Å². The van der Waals surface area contributed by atoms with Gasteiger partial charge in [0.05, 0.1) is 5.60 Å². The third-order valence-corrected chi connectivity index (χ3v) is 5.84. The molecule has 3 heterocycles. The van der Waals surface area contributed by atoms with E-state index in [9.17, 15) is 0 Å². The molecule has 0 radical (unpaired) electrons. The van der Waals surface area contributed by atoms with E-state index in [1.54, 1.807) is 11.3 Å². The molecule has 0 amide bonds. The molecule has 0 aliphatic carbocycles. The van der Waals surface area contributed by atoms with Crippen LogP contribution >= 0.6 is 11.3 Å². The van der Waals surface area contributed by atoms with Gasteiger partial charge in [0.2, 0.25) is 0 Å². The van der Waals surface area contributed by atoms with Crippen molar-refractivity contribution in [1.82, 2.24) is 4.90 Å². The SMILES string of the molecule is CCOCC[C@H]1CCOC12CCN(Cc1ccsc1)CC2. The molecule has 2 aliphatic heterocycles. The van der Waals surface area contributed by atoms with Crippen molar-refractivity contribution in [2.24, 2.45) is 5.92 Å². The average molecular weight is 309 g/mol. The van der Waals surface area contributed by atoms with Crippen LogP contribution in [0.3, 0.4) is 0 Å². The second-order valence-corrected chi connectivity index (χ2v) is 7.07. The Balaban J connectivity index is 1.51. The van der Waals surface area contributed by atoms with E-state index in [1.807, 2.05) is 0 Å². The van der Waals surface area contributed by atoms with Crippen LogP contribution in [-0.4, -0.2) is 43.4 Å². The Morgan fingerprint density at radius 1 is 1.43 bits per heavy atom. The third-order valence-electron chi connectivity index (χ3n) is 5.10. The lowest BCUT2D eigenvalue weighted by Crippen LogP contribution is -2.47. The van der Waals surface area contributed by atoms with Crippen LogP contribution < -0.4 is 0 Å². The van der Waals surface area contributed by atoms with Crippen molar-refractivity contribution in [3.8, 4) is 0 Å². The molecule has 0 saturated carbocycles. The molecule has 1 atom stereocenters. The smallest absolute Gasteiger partial charge is 0.0736 e. The Morgan fingerprint density at radius 3 is 3.00 bits per heavy atom. The molecule has 3 nitrogen and oxygen atoms in total. The zero-order chi connectivity index (χ0) is 14.5. The van der Waals surface area contributed by atoms with Crippen LogP contribution in [0, 0.1) is 5.92 Å². The zero-order valence-electron chi connectivity index (χ0n) is 13.1. The Hall–Kier alpha value is -0.420. The first-order chi connectivity index (χ1) is 10.3. The number of nitrogens with zero attached hydrogens (tertiary/aromatic N) is 1. The molecule has 1 aromatic heterocycles. The zero-order valence-corrected chi connectivity index (χ0v) is 13.9. The van der Waals surface area contributed by atoms with E-state index in [4.69, 9.17) is 9.47 Å². The van der Waals surface area contributed by atoms with E-state index in [-0.39, 0.29) is 5.60 Å². The molecule has 1 spiro atoms. The van der Waals surface area contributed by atoms with Crippen LogP contribution in [0.25, 0.3) is 0 Å². The minimum Gasteiger partial charge on any atom is -0.382 e. The summed E-state index contributed by atoms with van der Waals surface area (Å²) in [5.41, 5.74) is 1.61. The van der Waals surface area contributed by atoms with Gasteiger partial charge in [-0.3, -0.25) is 4.90 Å². The Kier molecular flexibility index (Phi) is 5.33. The van der Waals surface area contributed by atoms with Gasteiger partial charge in [-0.15, -0.1) is 0 Å². The maximum atomic E-state index is 6.23. The summed E-state index contributed by atoms with van der Waals surface area (Å²) in [4.78, 5) is 2.58. The highest BCUT2D eigenvalue weighted by Gasteiger charge is 2.45. The molecular formula is C17H27NO2S. The summed E-state index contributed by atoms with van der Waals surface area (Å²) in [5, 5.41) is 4.44. The average Bonchev–Trinajstić information content (AvgIpc) is 3.13. The van der Waals surface area contributed by atoms with Gasteiger partial charge in [0.1, 0.15) is 0 Å². The van der Waals surface area contributed by atoms with Crippen LogP contribution in [0.4, 0.5) is 0 Å². The van der Waals surface area contributed by atoms with Gasteiger partial charge in [0.15, 0.2) is 0 Å². The summed E-state index contributed by atoms with van der Waals surface area (Å²) < 4.78 is 11.8. The predicted octanol–water partition coefficient (Wildman–Crippen LogP) is 3.55. The highest BCUT2D eigenvalue weighted by molar-refractivity contribution is 7.07. The molecule has 21 heavy (non-hydrogen) atoms. The van der Waals surface area contributed by atoms with Gasteiger partial charge in [-0.25, -0.2) is 0 Å². The number of likely N-dealkylation sites (tertiary alicyclic amines) is 1. The van der Waals surface area contributed by atoms with E-state index >= 15 is 0 Å². The minimum atomic E-state index is 0.155. The molecule has 2 aliphatic rings. The summed E-state index contributed by atoms with van der Waals surface area (Å²) in [7, 11) is 0. The Bertz CT molecular complexity index is 412. The maximum Gasteiger partial charge on any atom is 0.0736 e. The van der Waals surface area contributed by atoms with Crippen LogP contribution in [0.15, 0.2) is 16.8 Å². The molecule has 3 rings (SSSR count). The second-order valence-electron chi connectivity index (χ2n) is 6.29. The molecule has 0 aromatic carbocycles. The topological polar surface area (TPSA) is 21.7 Å². The molecule has 1 aromatic rings. The van der Waals surface area contributed by atoms with E-state index in [0.717, 1.165) is 26.4 Å². The van der Waals surface area contributed by atoms with Gasteiger partial charge in [-0.05, 0) is 60.9 Å². The second kappa shape index (κ2) is 7.23. The highest BCUT2D eigenvalue weighted by atomic mass is 32.1. The van der Waals surface area contributed by atoms with Crippen molar-refractivity contribution in [3.63, 3.8) is 0 Å². The standard InChI is InChI=1S/C17H27NO2S/c1-2-19-10-3-16-4-11-20-17(16)6-8-18(9-7-17)13-15-5-12-21-14-15/h5,12,14,16H,2-4,6-11,13H2,1H3/t16-/m0/s1. The van der Waals surface area contributed by atoms with E-state index < -0.39 is 0 Å². The molecule has 2 fully saturated rings. The molecule has 2 saturated heterocycles. The number of hydrogen-bond donors (Lipinski definition) is 0. The largest absolute Gasteiger partial charge is 0.382 e. The first-order valence-corrected chi connectivity index (χ1v) is 9.22. The first kappa shape index (κ1) is 15.5. The summed E-state index contributed by atoms with van der Waals surface area (Å²) in [5.74, 6) is 0.701. The molecule has 0 bridgehead atoms. The Labute approximate surface area is 132 Å². The monoisotopic (exact) mass is 309 g/mol. The fourth-order valence-electron chi connectivity index (χ4n) is 3.85. The van der Waals surface area contributed by atoms with Crippen LogP contribution in [0.1, 0.15) is 38.2 Å². The van der Waals surface area contributed by atoms with Gasteiger partial charge < -0.3 is 9.47 Å². The van der Waals surface area contributed by atoms with E-state index in [2.05, 4.69) is 28.7 Å². The number of piperidine rings is 1. The van der Waals surface area contributed by atoms with Crippen molar-refractivity contribution >= 4 is 11.3 Å². The fourth-order valence-corrected chi connectivity index (χ4v) is 4.51. The van der Waals surface area contributed by atoms with Gasteiger partial charge >= 0.3 is 0 Å². The van der Waals surface area contributed by atoms with E-state index in [0.29, 0.717) is 5.92 Å². The predicted molar refractivity (Wildman–Crippen MR) is 86.7 cm³/mol. The first-order valence-electron chi connectivity index (χ1n) is 8.27. The van der Waals surface area contributed by atoms with Crippen molar-refractivity contribution in [2.45, 2.75) is 44.8 Å². The molecule has 0 unspecified atom stereocenters. The van der Waals surface area contributed by atoms with Crippen LogP contribution in [0.5, 0.6) is 0 Å². The van der Waals surface area contributed by atoms with Crippen molar-refractivity contribution in [3.05, 3.63) is 22.4 Å². The normalized spacial score (nSPS) is 25.7. The van der Waals surface area contributed by atoms with Crippen LogP contribution in [-0.2, 0) is 16.0 Å². The molecule has 118 valence electrons. The van der Waals surface area contributed by atoms with Gasteiger partial charge in [-0.2, -0.15) is 11.3 Å². The minimum absolute atomic E-state index is 0.155. The summed E-state index contributed by atoms with van der Waals surface area (Å²) in [6.45, 7) is 8.18. The highest BCUT2D eigenvalue weighted by Crippen LogP contribution is 2.42. The molecule has 0 N–H and O–H groups in total. The fraction of sp³-hybridized carbons (Fsp3) is 0.765. The van der Waals surface area contributed by atoms with Crippen LogP contribution in [0.2, 0.25) is 0 Å². The quantitative estimate of drug-likeness (QED) is 0.750. The summed E-state index contributed by atoms with van der Waals surface area (Å²) in [6.07, 6.45) is 4.76. The lowest BCUT2D eigenvalue weighted by molar-refractivity contribution is -0.0727. The lowest BCUT2D eigenvalue weighted by atomic mass is 9.78. The number of ether oxygens (including phenoxy) is 2. The summed E-state index contributed by atoms with van der Waals surface area (Å²) >= 11 is 1.79. The van der Waals surface area contributed by atoms with Crippen molar-refractivity contribution < 1.29 is 9.47 Å². The number of hydrogen-bond acceptors (Lipinski definition) is 4. The van der Waals surface area contributed by atoms with Crippen molar-refractivity contribution in [2.75, 3.05) is 32.9 Å². The Morgan fingerprint density at radius 2 is 2.29 bits per heavy atom. The van der Waals surface area contributed by atoms with Gasteiger partial charge in [-0.1, -0.05) is 0 Å². The van der Waals surface area contributed by atoms with Gasteiger partial charge in [0.25, 0.3) is 0 Å². The van der Waals surface area contributed by atoms with Crippen molar-refractivity contribution in [1.29, 1.82) is 0 Å². The third kappa shape index (κ3) is 3.67. The molecular weight excluding hydrogens is 282 g/mol. The summed E-state index contributed by atoms with van der Waals surface area (Å²) in [6, 6.07) is 2.24.